The van der Waals surface area contributed by atoms with Crippen LogP contribution in [-0.4, -0.2) is 32.3 Å². The van der Waals surface area contributed by atoms with Crippen LogP contribution in [-0.2, 0) is 0 Å². The molecule has 0 spiro atoms. The predicted molar refractivity (Wildman–Crippen MR) is 69.9 cm³/mol. The molecule has 1 saturated heterocycles. The SMILES string of the molecule is Cc1nc(C2CSCCS2)ncc1C(C)O. The smallest absolute Gasteiger partial charge is 0.142 e. The highest BCUT2D eigenvalue weighted by atomic mass is 32.2. The number of nitrogens with zero attached hydrogens (tertiary/aromatic N) is 2. The van der Waals surface area contributed by atoms with E-state index < -0.39 is 6.10 Å². The summed E-state index contributed by atoms with van der Waals surface area (Å²) in [6, 6.07) is 0. The lowest BCUT2D eigenvalue weighted by Crippen LogP contribution is -2.12. The largest absolute Gasteiger partial charge is 0.389 e. The summed E-state index contributed by atoms with van der Waals surface area (Å²) >= 11 is 3.89. The summed E-state index contributed by atoms with van der Waals surface area (Å²) in [5.74, 6) is 4.42. The Morgan fingerprint density at radius 2 is 2.31 bits per heavy atom. The van der Waals surface area contributed by atoms with Gasteiger partial charge in [0.2, 0.25) is 0 Å². The van der Waals surface area contributed by atoms with Gasteiger partial charge in [-0.15, -0.1) is 11.8 Å². The molecule has 1 N–H and O–H groups in total. The number of rotatable bonds is 2. The minimum atomic E-state index is -0.484. The Morgan fingerprint density at radius 1 is 1.50 bits per heavy atom. The normalized spacial score (nSPS) is 23.1. The molecule has 3 nitrogen and oxygen atoms in total. The van der Waals surface area contributed by atoms with Crippen LogP contribution in [0.4, 0.5) is 0 Å². The third-order valence-corrected chi connectivity index (χ3v) is 5.34. The van der Waals surface area contributed by atoms with E-state index in [1.54, 1.807) is 13.1 Å². The lowest BCUT2D eigenvalue weighted by atomic mass is 10.1. The van der Waals surface area contributed by atoms with Crippen LogP contribution in [0.15, 0.2) is 6.20 Å². The van der Waals surface area contributed by atoms with Gasteiger partial charge in [-0.05, 0) is 13.8 Å². The first kappa shape index (κ1) is 12.2. The maximum atomic E-state index is 9.52. The summed E-state index contributed by atoms with van der Waals surface area (Å²) in [6.07, 6.45) is 1.28. The summed E-state index contributed by atoms with van der Waals surface area (Å²) in [5.41, 5.74) is 1.73. The Bertz CT molecular complexity index is 365. The standard InChI is InChI=1S/C11H16N2OS2/c1-7-9(8(2)14)5-12-11(13-7)10-6-15-3-4-16-10/h5,8,10,14H,3-4,6H2,1-2H3. The van der Waals surface area contributed by atoms with Crippen molar-refractivity contribution < 1.29 is 5.11 Å². The number of aliphatic hydroxyl groups excluding tert-OH is 1. The van der Waals surface area contributed by atoms with E-state index in [1.807, 2.05) is 30.4 Å². The quantitative estimate of drug-likeness (QED) is 0.880. The highest BCUT2D eigenvalue weighted by Gasteiger charge is 2.20. The molecule has 0 saturated carbocycles. The molecule has 0 bridgehead atoms. The number of aromatic nitrogens is 2. The van der Waals surface area contributed by atoms with Crippen molar-refractivity contribution in [3.05, 3.63) is 23.3 Å². The monoisotopic (exact) mass is 256 g/mol. The molecule has 1 aliphatic heterocycles. The Hall–Kier alpha value is -0.260. The molecule has 0 aliphatic carbocycles. The van der Waals surface area contributed by atoms with Crippen molar-refractivity contribution in [1.29, 1.82) is 0 Å². The van der Waals surface area contributed by atoms with Gasteiger partial charge in [-0.3, -0.25) is 0 Å². The van der Waals surface area contributed by atoms with Crippen molar-refractivity contribution >= 4 is 23.5 Å². The predicted octanol–water partition coefficient (Wildman–Crippen LogP) is 2.36. The summed E-state index contributed by atoms with van der Waals surface area (Å²) < 4.78 is 0. The van der Waals surface area contributed by atoms with Gasteiger partial charge < -0.3 is 5.11 Å². The molecule has 5 heteroatoms. The van der Waals surface area contributed by atoms with Crippen LogP contribution >= 0.6 is 23.5 Å². The molecule has 1 fully saturated rings. The van der Waals surface area contributed by atoms with Gasteiger partial charge in [0.1, 0.15) is 5.82 Å². The van der Waals surface area contributed by atoms with Crippen molar-refractivity contribution in [3.63, 3.8) is 0 Å². The van der Waals surface area contributed by atoms with Crippen molar-refractivity contribution in [2.24, 2.45) is 0 Å². The lowest BCUT2D eigenvalue weighted by Gasteiger charge is -2.20. The van der Waals surface area contributed by atoms with Gasteiger partial charge in [-0.2, -0.15) is 11.8 Å². The van der Waals surface area contributed by atoms with Crippen LogP contribution in [0, 0.1) is 6.92 Å². The van der Waals surface area contributed by atoms with Crippen LogP contribution in [0.25, 0.3) is 0 Å². The molecule has 1 aromatic heterocycles. The fourth-order valence-corrected chi connectivity index (χ4v) is 4.30. The van der Waals surface area contributed by atoms with E-state index in [2.05, 4.69) is 9.97 Å². The van der Waals surface area contributed by atoms with Crippen molar-refractivity contribution in [3.8, 4) is 0 Å². The maximum Gasteiger partial charge on any atom is 0.142 e. The molecular formula is C11H16N2OS2. The first-order valence-corrected chi connectivity index (χ1v) is 7.59. The fourth-order valence-electron chi connectivity index (χ4n) is 1.70. The van der Waals surface area contributed by atoms with Gasteiger partial charge >= 0.3 is 0 Å². The summed E-state index contributed by atoms with van der Waals surface area (Å²) in [7, 11) is 0. The Balaban J connectivity index is 2.19. The van der Waals surface area contributed by atoms with E-state index in [1.165, 1.54) is 11.5 Å². The molecule has 16 heavy (non-hydrogen) atoms. The second kappa shape index (κ2) is 5.38. The molecule has 2 atom stereocenters. The minimum Gasteiger partial charge on any atom is -0.389 e. The average Bonchev–Trinajstić information content (AvgIpc) is 2.29. The topological polar surface area (TPSA) is 46.0 Å². The van der Waals surface area contributed by atoms with Gasteiger partial charge in [-0.25, -0.2) is 9.97 Å². The zero-order valence-electron chi connectivity index (χ0n) is 9.51. The Kier molecular flexibility index (Phi) is 4.10. The number of aliphatic hydroxyl groups is 1. The molecule has 0 aromatic carbocycles. The third kappa shape index (κ3) is 2.70. The van der Waals surface area contributed by atoms with Gasteiger partial charge in [0.15, 0.2) is 0 Å². The van der Waals surface area contributed by atoms with E-state index in [4.69, 9.17) is 0 Å². The van der Waals surface area contributed by atoms with Crippen LogP contribution in [0.3, 0.4) is 0 Å². The van der Waals surface area contributed by atoms with Crippen molar-refractivity contribution in [1.82, 2.24) is 9.97 Å². The van der Waals surface area contributed by atoms with E-state index in [-0.39, 0.29) is 0 Å². The van der Waals surface area contributed by atoms with Crippen LogP contribution in [0.2, 0.25) is 0 Å². The number of hydrogen-bond donors (Lipinski definition) is 1. The van der Waals surface area contributed by atoms with E-state index in [0.29, 0.717) is 5.25 Å². The van der Waals surface area contributed by atoms with Crippen LogP contribution in [0.5, 0.6) is 0 Å². The second-order valence-corrected chi connectivity index (χ2v) is 6.34. The van der Waals surface area contributed by atoms with E-state index >= 15 is 0 Å². The molecule has 1 aliphatic rings. The highest BCUT2D eigenvalue weighted by Crippen LogP contribution is 2.35. The molecular weight excluding hydrogens is 240 g/mol. The summed E-state index contributed by atoms with van der Waals surface area (Å²) in [6.45, 7) is 3.68. The second-order valence-electron chi connectivity index (χ2n) is 3.88. The lowest BCUT2D eigenvalue weighted by molar-refractivity contribution is 0.197. The van der Waals surface area contributed by atoms with Gasteiger partial charge in [0, 0.05) is 34.7 Å². The minimum absolute atomic E-state index is 0.417. The van der Waals surface area contributed by atoms with Gasteiger partial charge in [0.25, 0.3) is 0 Å². The molecule has 88 valence electrons. The van der Waals surface area contributed by atoms with Crippen LogP contribution < -0.4 is 0 Å². The van der Waals surface area contributed by atoms with Gasteiger partial charge in [0.05, 0.1) is 11.4 Å². The van der Waals surface area contributed by atoms with Gasteiger partial charge in [-0.1, -0.05) is 0 Å². The summed E-state index contributed by atoms with van der Waals surface area (Å²) in [5, 5.41) is 9.93. The first-order valence-electron chi connectivity index (χ1n) is 5.39. The summed E-state index contributed by atoms with van der Waals surface area (Å²) in [4.78, 5) is 8.89. The number of thioether (sulfide) groups is 2. The fraction of sp³-hybridized carbons (Fsp3) is 0.636. The molecule has 2 unspecified atom stereocenters. The Morgan fingerprint density at radius 3 is 2.88 bits per heavy atom. The maximum absolute atomic E-state index is 9.52. The highest BCUT2D eigenvalue weighted by molar-refractivity contribution is 8.06. The van der Waals surface area contributed by atoms with E-state index in [9.17, 15) is 5.11 Å². The molecule has 0 amide bonds. The molecule has 1 aromatic rings. The van der Waals surface area contributed by atoms with E-state index in [0.717, 1.165) is 22.8 Å². The molecule has 2 heterocycles. The molecule has 0 radical (unpaired) electrons. The Labute approximate surface area is 104 Å². The van der Waals surface area contributed by atoms with Crippen molar-refractivity contribution in [2.75, 3.05) is 17.3 Å². The van der Waals surface area contributed by atoms with Crippen LogP contribution in [0.1, 0.15) is 35.4 Å². The average molecular weight is 256 g/mol. The van der Waals surface area contributed by atoms with Crippen molar-refractivity contribution in [2.45, 2.75) is 25.2 Å². The number of aryl methyl sites for hydroxylation is 1. The first-order chi connectivity index (χ1) is 7.68. The molecule has 2 rings (SSSR count). The zero-order chi connectivity index (χ0) is 11.5. The third-order valence-electron chi connectivity index (χ3n) is 2.59. The zero-order valence-corrected chi connectivity index (χ0v) is 11.1. The number of hydrogen-bond acceptors (Lipinski definition) is 5.